The predicted octanol–water partition coefficient (Wildman–Crippen LogP) is 2.12. The van der Waals surface area contributed by atoms with Crippen molar-refractivity contribution in [2.45, 2.75) is 9.79 Å². The highest BCUT2D eigenvalue weighted by molar-refractivity contribution is 7.91. The number of fused-ring (bicyclic) bond motifs is 1. The molecule has 1 aliphatic heterocycles. The minimum Gasteiger partial charge on any atom is -0.300 e. The average molecular weight is 487 g/mol. The zero-order valence-corrected chi connectivity index (χ0v) is 19.0. The number of benzene rings is 2. The second-order valence-electron chi connectivity index (χ2n) is 6.91. The molecule has 2 aromatic carbocycles. The molecule has 0 saturated carbocycles. The molecule has 0 bridgehead atoms. The second kappa shape index (κ2) is 8.48. The first-order valence-electron chi connectivity index (χ1n) is 9.19. The quantitative estimate of drug-likeness (QED) is 0.526. The van der Waals surface area contributed by atoms with Crippen LogP contribution in [0.4, 0.5) is 0 Å². The van der Waals surface area contributed by atoms with Crippen molar-refractivity contribution < 1.29 is 16.8 Å². The summed E-state index contributed by atoms with van der Waals surface area (Å²) in [5.74, 6) is -0.0365. The molecule has 1 aliphatic rings. The van der Waals surface area contributed by atoms with E-state index in [0.717, 1.165) is 11.7 Å². The van der Waals surface area contributed by atoms with E-state index in [1.807, 2.05) is 4.90 Å². The summed E-state index contributed by atoms with van der Waals surface area (Å²) in [6.07, 6.45) is 0. The Kier molecular flexibility index (Phi) is 6.11. The first-order chi connectivity index (χ1) is 14.3. The van der Waals surface area contributed by atoms with E-state index in [0.29, 0.717) is 35.7 Å². The van der Waals surface area contributed by atoms with Gasteiger partial charge in [0.15, 0.2) is 9.84 Å². The van der Waals surface area contributed by atoms with Crippen molar-refractivity contribution in [3.63, 3.8) is 0 Å². The third-order valence-electron chi connectivity index (χ3n) is 5.05. The monoisotopic (exact) mass is 486 g/mol. The van der Waals surface area contributed by atoms with Crippen molar-refractivity contribution in [3.05, 3.63) is 47.5 Å². The fourth-order valence-electron chi connectivity index (χ4n) is 3.33. The highest BCUT2D eigenvalue weighted by Crippen LogP contribution is 2.25. The number of rotatable bonds is 6. The van der Waals surface area contributed by atoms with Crippen LogP contribution in [-0.4, -0.2) is 73.3 Å². The summed E-state index contributed by atoms with van der Waals surface area (Å²) >= 11 is 6.80. The maximum absolute atomic E-state index is 13.1. The Morgan fingerprint density at radius 3 is 2.33 bits per heavy atom. The number of aromatic nitrogens is 2. The lowest BCUT2D eigenvalue weighted by atomic mass is 10.3. The van der Waals surface area contributed by atoms with Crippen LogP contribution in [0.1, 0.15) is 0 Å². The lowest BCUT2D eigenvalue weighted by Crippen LogP contribution is -2.49. The molecule has 0 spiro atoms. The molecule has 0 unspecified atom stereocenters. The lowest BCUT2D eigenvalue weighted by Gasteiger charge is -2.33. The minimum absolute atomic E-state index is 0.0365. The van der Waals surface area contributed by atoms with E-state index in [4.69, 9.17) is 11.6 Å². The smallest absolute Gasteiger partial charge is 0.245 e. The van der Waals surface area contributed by atoms with Gasteiger partial charge < -0.3 is 0 Å². The fraction of sp³-hybridized carbons (Fsp3) is 0.333. The SMILES string of the molecule is O=S(=O)(CCN1CCN(S(=O)(=O)c2cccc3nsnc23)CC1)c1ccc(Cl)cc1. The number of sulfonamides is 1. The van der Waals surface area contributed by atoms with Gasteiger partial charge in [0.25, 0.3) is 0 Å². The fourth-order valence-corrected chi connectivity index (χ4v) is 6.92. The van der Waals surface area contributed by atoms with E-state index in [1.165, 1.54) is 16.4 Å². The standard InChI is InChI=1S/C18H19ClN4O4S3/c19-14-4-6-15(7-5-14)29(24,25)13-12-22-8-10-23(11-9-22)30(26,27)17-3-1-2-16-18(17)21-28-20-16/h1-7H,8-13H2. The van der Waals surface area contributed by atoms with E-state index in [-0.39, 0.29) is 28.6 Å². The summed E-state index contributed by atoms with van der Waals surface area (Å²) in [6, 6.07) is 11.0. The molecule has 0 atom stereocenters. The van der Waals surface area contributed by atoms with Gasteiger partial charge in [-0.1, -0.05) is 17.7 Å². The number of sulfone groups is 1. The van der Waals surface area contributed by atoms with Crippen molar-refractivity contribution in [2.24, 2.45) is 0 Å². The molecule has 1 saturated heterocycles. The largest absolute Gasteiger partial charge is 0.300 e. The van der Waals surface area contributed by atoms with Crippen LogP contribution in [0.2, 0.25) is 5.02 Å². The van der Waals surface area contributed by atoms with Gasteiger partial charge in [-0.25, -0.2) is 16.8 Å². The molecule has 1 fully saturated rings. The average Bonchev–Trinajstić information content (AvgIpc) is 3.22. The molecule has 8 nitrogen and oxygen atoms in total. The zero-order valence-electron chi connectivity index (χ0n) is 15.8. The number of hydrogen-bond donors (Lipinski definition) is 0. The Bertz CT molecular complexity index is 1250. The summed E-state index contributed by atoms with van der Waals surface area (Å²) in [6.45, 7) is 1.83. The van der Waals surface area contributed by atoms with Gasteiger partial charge >= 0.3 is 0 Å². The first kappa shape index (κ1) is 21.6. The van der Waals surface area contributed by atoms with Crippen LogP contribution < -0.4 is 0 Å². The molecule has 1 aromatic heterocycles. The van der Waals surface area contributed by atoms with Gasteiger partial charge in [0.05, 0.1) is 22.4 Å². The third-order valence-corrected chi connectivity index (χ3v) is 9.48. The Balaban J connectivity index is 1.39. The molecule has 0 radical (unpaired) electrons. The first-order valence-corrected chi connectivity index (χ1v) is 13.4. The van der Waals surface area contributed by atoms with Crippen molar-refractivity contribution in [1.29, 1.82) is 0 Å². The van der Waals surface area contributed by atoms with Crippen LogP contribution in [0.15, 0.2) is 52.3 Å². The predicted molar refractivity (Wildman–Crippen MR) is 116 cm³/mol. The van der Waals surface area contributed by atoms with E-state index in [1.54, 1.807) is 30.3 Å². The van der Waals surface area contributed by atoms with E-state index >= 15 is 0 Å². The van der Waals surface area contributed by atoms with Gasteiger partial charge in [-0.05, 0) is 36.4 Å². The van der Waals surface area contributed by atoms with Gasteiger partial charge in [-0.2, -0.15) is 13.1 Å². The van der Waals surface area contributed by atoms with E-state index < -0.39 is 19.9 Å². The van der Waals surface area contributed by atoms with E-state index in [9.17, 15) is 16.8 Å². The molecule has 12 heteroatoms. The Hall–Kier alpha value is -1.63. The van der Waals surface area contributed by atoms with Gasteiger partial charge in [-0.15, -0.1) is 0 Å². The molecule has 4 rings (SSSR count). The highest BCUT2D eigenvalue weighted by Gasteiger charge is 2.31. The molecule has 160 valence electrons. The van der Waals surface area contributed by atoms with Crippen LogP contribution in [0.3, 0.4) is 0 Å². The van der Waals surface area contributed by atoms with Crippen molar-refractivity contribution in [3.8, 4) is 0 Å². The molecule has 0 N–H and O–H groups in total. The Labute approximate surface area is 184 Å². The number of piperazine rings is 1. The Morgan fingerprint density at radius 2 is 1.63 bits per heavy atom. The number of halogens is 1. The van der Waals surface area contributed by atoms with Crippen LogP contribution in [-0.2, 0) is 19.9 Å². The van der Waals surface area contributed by atoms with Gasteiger partial charge in [0.1, 0.15) is 15.9 Å². The molecular formula is C18H19ClN4O4S3. The molecule has 0 amide bonds. The highest BCUT2D eigenvalue weighted by atomic mass is 35.5. The molecule has 0 aliphatic carbocycles. The Morgan fingerprint density at radius 1 is 0.933 bits per heavy atom. The lowest BCUT2D eigenvalue weighted by molar-refractivity contribution is 0.197. The summed E-state index contributed by atoms with van der Waals surface area (Å²) in [7, 11) is -7.12. The van der Waals surface area contributed by atoms with Gasteiger partial charge in [0, 0.05) is 37.7 Å². The number of nitrogens with zero attached hydrogens (tertiary/aromatic N) is 4. The van der Waals surface area contributed by atoms with Crippen LogP contribution in [0, 0.1) is 0 Å². The zero-order chi connectivity index (χ0) is 21.4. The maximum atomic E-state index is 13.1. The van der Waals surface area contributed by atoms with Crippen molar-refractivity contribution in [2.75, 3.05) is 38.5 Å². The van der Waals surface area contributed by atoms with Crippen LogP contribution in [0.5, 0.6) is 0 Å². The molecule has 2 heterocycles. The normalized spacial score (nSPS) is 16.8. The minimum atomic E-state index is -3.69. The molecule has 30 heavy (non-hydrogen) atoms. The van der Waals surface area contributed by atoms with Crippen LogP contribution in [0.25, 0.3) is 11.0 Å². The van der Waals surface area contributed by atoms with Gasteiger partial charge in [0.2, 0.25) is 10.0 Å². The van der Waals surface area contributed by atoms with E-state index in [2.05, 4.69) is 8.75 Å². The molecular weight excluding hydrogens is 468 g/mol. The topological polar surface area (TPSA) is 101 Å². The maximum Gasteiger partial charge on any atom is 0.245 e. The molecule has 3 aromatic rings. The number of hydrogen-bond acceptors (Lipinski definition) is 8. The van der Waals surface area contributed by atoms with Gasteiger partial charge in [-0.3, -0.25) is 4.90 Å². The van der Waals surface area contributed by atoms with Crippen molar-refractivity contribution >= 4 is 54.2 Å². The summed E-state index contributed by atoms with van der Waals surface area (Å²) in [5.41, 5.74) is 0.950. The van der Waals surface area contributed by atoms with Crippen molar-refractivity contribution in [1.82, 2.24) is 18.0 Å². The summed E-state index contributed by atoms with van der Waals surface area (Å²) < 4.78 is 60.8. The third kappa shape index (κ3) is 4.36. The summed E-state index contributed by atoms with van der Waals surface area (Å²) in [4.78, 5) is 2.36. The summed E-state index contributed by atoms with van der Waals surface area (Å²) in [5, 5.41) is 0.482. The van der Waals surface area contributed by atoms with Crippen LogP contribution >= 0.6 is 23.3 Å². The second-order valence-corrected chi connectivity index (χ2v) is 11.9.